The first kappa shape index (κ1) is 21.5. The molecular formula is C20H36N4O3. The number of rotatable bonds is 6. The maximum Gasteiger partial charge on any atom is 0.310 e. The summed E-state index contributed by atoms with van der Waals surface area (Å²) >= 11 is 0. The maximum absolute atomic E-state index is 12.2. The number of likely N-dealkylation sites (tertiary alicyclic amines) is 1. The van der Waals surface area contributed by atoms with E-state index in [0.717, 1.165) is 31.9 Å². The molecule has 7 heteroatoms. The van der Waals surface area contributed by atoms with Crippen LogP contribution in [0.25, 0.3) is 0 Å². The van der Waals surface area contributed by atoms with E-state index in [4.69, 9.17) is 4.74 Å². The fourth-order valence-corrected chi connectivity index (χ4v) is 3.80. The number of piperidine rings is 1. The number of nitrogens with zero attached hydrogens (tertiary/aromatic N) is 3. The van der Waals surface area contributed by atoms with E-state index in [-0.39, 0.29) is 24.3 Å². The first-order valence-electron chi connectivity index (χ1n) is 10.4. The van der Waals surface area contributed by atoms with Crippen molar-refractivity contribution in [2.24, 2.45) is 16.8 Å². The predicted molar refractivity (Wildman–Crippen MR) is 107 cm³/mol. The summed E-state index contributed by atoms with van der Waals surface area (Å²) in [6.45, 7) is 4.71. The van der Waals surface area contributed by atoms with Crippen molar-refractivity contribution >= 4 is 17.8 Å². The van der Waals surface area contributed by atoms with Crippen LogP contribution in [-0.4, -0.2) is 74.5 Å². The van der Waals surface area contributed by atoms with Crippen molar-refractivity contribution in [2.45, 2.75) is 51.9 Å². The summed E-state index contributed by atoms with van der Waals surface area (Å²) in [4.78, 5) is 32.4. The fourth-order valence-electron chi connectivity index (χ4n) is 3.80. The van der Waals surface area contributed by atoms with E-state index in [9.17, 15) is 9.59 Å². The Labute approximate surface area is 163 Å². The van der Waals surface area contributed by atoms with Crippen molar-refractivity contribution in [2.75, 3.05) is 46.9 Å². The number of esters is 1. The van der Waals surface area contributed by atoms with Crippen molar-refractivity contribution in [1.82, 2.24) is 15.1 Å². The first-order chi connectivity index (χ1) is 13.0. The highest BCUT2D eigenvalue weighted by Gasteiger charge is 2.29. The molecule has 0 aromatic carbocycles. The third kappa shape index (κ3) is 7.03. The number of nitrogens with one attached hydrogen (secondary N) is 1. The number of amides is 1. The molecule has 1 aliphatic carbocycles. The molecule has 0 radical (unpaired) electrons. The third-order valence-electron chi connectivity index (χ3n) is 5.48. The number of guanidine groups is 1. The van der Waals surface area contributed by atoms with Crippen LogP contribution in [0.3, 0.4) is 0 Å². The van der Waals surface area contributed by atoms with E-state index in [1.165, 1.54) is 32.1 Å². The molecule has 0 aromatic heterocycles. The van der Waals surface area contributed by atoms with Gasteiger partial charge in [0.1, 0.15) is 6.54 Å². The van der Waals surface area contributed by atoms with Crippen molar-refractivity contribution in [3.63, 3.8) is 0 Å². The van der Waals surface area contributed by atoms with Gasteiger partial charge >= 0.3 is 5.97 Å². The van der Waals surface area contributed by atoms with Crippen LogP contribution in [-0.2, 0) is 14.3 Å². The quantitative estimate of drug-likeness (QED) is 0.433. The van der Waals surface area contributed by atoms with E-state index in [1.807, 2.05) is 6.92 Å². The molecule has 7 nitrogen and oxygen atoms in total. The third-order valence-corrected chi connectivity index (χ3v) is 5.48. The Bertz CT molecular complexity index is 515. The molecule has 1 N–H and O–H groups in total. The van der Waals surface area contributed by atoms with Gasteiger partial charge in [-0.1, -0.05) is 19.3 Å². The molecule has 1 saturated carbocycles. The largest absolute Gasteiger partial charge is 0.466 e. The van der Waals surface area contributed by atoms with E-state index in [0.29, 0.717) is 19.1 Å². The van der Waals surface area contributed by atoms with Gasteiger partial charge in [-0.25, -0.2) is 4.99 Å². The van der Waals surface area contributed by atoms with E-state index in [2.05, 4.69) is 15.2 Å². The van der Waals surface area contributed by atoms with Crippen LogP contribution < -0.4 is 5.32 Å². The van der Waals surface area contributed by atoms with Gasteiger partial charge in [-0.15, -0.1) is 0 Å². The minimum Gasteiger partial charge on any atom is -0.466 e. The Morgan fingerprint density at radius 3 is 2.56 bits per heavy atom. The van der Waals surface area contributed by atoms with Gasteiger partial charge in [0.15, 0.2) is 5.96 Å². The lowest BCUT2D eigenvalue weighted by Gasteiger charge is -2.35. The standard InChI is InChI=1S/C20H36N4O3/c1-4-27-19(26)17-11-8-12-24(15-17)20(22-14-18(25)23(2)3)21-13-16-9-6-5-7-10-16/h16-17H,4-15H2,1-3H3,(H,21,22). The number of hydrogen-bond acceptors (Lipinski definition) is 4. The molecule has 1 aliphatic heterocycles. The van der Waals surface area contributed by atoms with Gasteiger partial charge in [0.25, 0.3) is 0 Å². The van der Waals surface area contributed by atoms with Crippen molar-refractivity contribution in [3.8, 4) is 0 Å². The molecular weight excluding hydrogens is 344 g/mol. The highest BCUT2D eigenvalue weighted by atomic mass is 16.5. The fraction of sp³-hybridized carbons (Fsp3) is 0.850. The molecule has 2 aliphatic rings. The number of carbonyl (C=O) groups excluding carboxylic acids is 2. The molecule has 0 aromatic rings. The normalized spacial score (nSPS) is 21.7. The smallest absolute Gasteiger partial charge is 0.310 e. The second-order valence-corrected chi connectivity index (χ2v) is 7.85. The zero-order chi connectivity index (χ0) is 19.6. The molecule has 154 valence electrons. The van der Waals surface area contributed by atoms with E-state index >= 15 is 0 Å². The van der Waals surface area contributed by atoms with Crippen LogP contribution in [0, 0.1) is 11.8 Å². The summed E-state index contributed by atoms with van der Waals surface area (Å²) in [5.74, 6) is 1.15. The molecule has 0 bridgehead atoms. The Morgan fingerprint density at radius 1 is 1.15 bits per heavy atom. The van der Waals surface area contributed by atoms with Gasteiger partial charge in [0.2, 0.25) is 5.91 Å². The molecule has 27 heavy (non-hydrogen) atoms. The molecule has 1 heterocycles. The lowest BCUT2D eigenvalue weighted by molar-refractivity contribution is -0.149. The van der Waals surface area contributed by atoms with Gasteiger partial charge in [0, 0.05) is 33.7 Å². The Hall–Kier alpha value is -1.79. The SMILES string of the molecule is CCOC(=O)C1CCCN(C(=NCC(=O)N(C)C)NCC2CCCCC2)C1. The average molecular weight is 381 g/mol. The van der Waals surface area contributed by atoms with Crippen LogP contribution in [0.2, 0.25) is 0 Å². The molecule has 1 amide bonds. The highest BCUT2D eigenvalue weighted by Crippen LogP contribution is 2.23. The molecule has 1 unspecified atom stereocenters. The predicted octanol–water partition coefficient (Wildman–Crippen LogP) is 1.88. The monoisotopic (exact) mass is 380 g/mol. The Kier molecular flexibility index (Phi) is 8.88. The van der Waals surface area contributed by atoms with Crippen LogP contribution >= 0.6 is 0 Å². The zero-order valence-corrected chi connectivity index (χ0v) is 17.2. The lowest BCUT2D eigenvalue weighted by Crippen LogP contribution is -2.49. The molecule has 1 saturated heterocycles. The van der Waals surface area contributed by atoms with Gasteiger partial charge < -0.3 is 19.9 Å². The number of ether oxygens (including phenoxy) is 1. The number of likely N-dealkylation sites (N-methyl/N-ethyl adjacent to an activating group) is 1. The molecule has 1 atom stereocenters. The minimum absolute atomic E-state index is 0.0223. The summed E-state index contributed by atoms with van der Waals surface area (Å²) in [5.41, 5.74) is 0. The summed E-state index contributed by atoms with van der Waals surface area (Å²) < 4.78 is 5.21. The van der Waals surface area contributed by atoms with Gasteiger partial charge in [-0.05, 0) is 38.5 Å². The van der Waals surface area contributed by atoms with Crippen molar-refractivity contribution in [3.05, 3.63) is 0 Å². The van der Waals surface area contributed by atoms with Crippen molar-refractivity contribution in [1.29, 1.82) is 0 Å². The number of hydrogen-bond donors (Lipinski definition) is 1. The van der Waals surface area contributed by atoms with Crippen molar-refractivity contribution < 1.29 is 14.3 Å². The topological polar surface area (TPSA) is 74.2 Å². The summed E-state index contributed by atoms with van der Waals surface area (Å²) in [7, 11) is 3.48. The lowest BCUT2D eigenvalue weighted by atomic mass is 9.89. The Balaban J connectivity index is 2.01. The molecule has 2 fully saturated rings. The van der Waals surface area contributed by atoms with Crippen LogP contribution in [0.5, 0.6) is 0 Å². The summed E-state index contributed by atoms with van der Waals surface area (Å²) in [6, 6.07) is 0. The second kappa shape index (κ2) is 11.1. The van der Waals surface area contributed by atoms with Gasteiger partial charge in [-0.3, -0.25) is 9.59 Å². The summed E-state index contributed by atoms with van der Waals surface area (Å²) in [6.07, 6.45) is 8.21. The van der Waals surface area contributed by atoms with Crippen LogP contribution in [0.1, 0.15) is 51.9 Å². The number of carbonyl (C=O) groups is 2. The van der Waals surface area contributed by atoms with Gasteiger partial charge in [-0.2, -0.15) is 0 Å². The van der Waals surface area contributed by atoms with Crippen LogP contribution in [0.15, 0.2) is 4.99 Å². The molecule has 0 spiro atoms. The summed E-state index contributed by atoms with van der Waals surface area (Å²) in [5, 5.41) is 3.50. The first-order valence-corrected chi connectivity index (χ1v) is 10.4. The van der Waals surface area contributed by atoms with E-state index in [1.54, 1.807) is 19.0 Å². The van der Waals surface area contributed by atoms with Crippen LogP contribution in [0.4, 0.5) is 0 Å². The molecule has 2 rings (SSSR count). The number of aliphatic imine (C=N–C) groups is 1. The van der Waals surface area contributed by atoms with E-state index < -0.39 is 0 Å². The van der Waals surface area contributed by atoms with Gasteiger partial charge in [0.05, 0.1) is 12.5 Å². The zero-order valence-electron chi connectivity index (χ0n) is 17.2. The minimum atomic E-state index is -0.127. The maximum atomic E-state index is 12.2. The average Bonchev–Trinajstić information content (AvgIpc) is 2.68. The Morgan fingerprint density at radius 2 is 1.89 bits per heavy atom. The second-order valence-electron chi connectivity index (χ2n) is 7.85. The highest BCUT2D eigenvalue weighted by molar-refractivity contribution is 5.85.